The Balaban J connectivity index is 1.83. The summed E-state index contributed by atoms with van der Waals surface area (Å²) in [6, 6.07) is 17.1. The highest BCUT2D eigenvalue weighted by molar-refractivity contribution is 5.45. The molecule has 21 heavy (non-hydrogen) atoms. The molecule has 0 saturated carbocycles. The monoisotopic (exact) mass is 283 g/mol. The van der Waals surface area contributed by atoms with Crippen molar-refractivity contribution in [3.05, 3.63) is 54.1 Å². The summed E-state index contributed by atoms with van der Waals surface area (Å²) in [6.07, 6.45) is 3.29. The van der Waals surface area contributed by atoms with Gasteiger partial charge in [0.25, 0.3) is 0 Å². The van der Waals surface area contributed by atoms with Crippen molar-refractivity contribution in [1.29, 1.82) is 0 Å². The first-order chi connectivity index (χ1) is 10.3. The molecule has 2 rings (SSSR count). The van der Waals surface area contributed by atoms with E-state index in [-0.39, 0.29) is 0 Å². The van der Waals surface area contributed by atoms with Gasteiger partial charge in [-0.3, -0.25) is 0 Å². The zero-order chi connectivity index (χ0) is 14.9. The van der Waals surface area contributed by atoms with Crippen molar-refractivity contribution >= 4 is 11.6 Å². The quantitative estimate of drug-likeness (QED) is 0.757. The van der Waals surface area contributed by atoms with Crippen molar-refractivity contribution in [2.24, 2.45) is 0 Å². The van der Waals surface area contributed by atoms with Crippen LogP contribution in [0.3, 0.4) is 0 Å². The fourth-order valence-electron chi connectivity index (χ4n) is 2.22. The van der Waals surface area contributed by atoms with Gasteiger partial charge in [0.15, 0.2) is 0 Å². The van der Waals surface area contributed by atoms with E-state index in [0.717, 1.165) is 37.4 Å². The molecule has 0 aliphatic carbocycles. The molecule has 112 valence electrons. The van der Waals surface area contributed by atoms with Crippen LogP contribution in [0, 0.1) is 0 Å². The van der Waals surface area contributed by atoms with Gasteiger partial charge in [-0.2, -0.15) is 0 Å². The SMILES string of the molecule is CCCNc1cccc(NC(C)CCc2ccccc2)n1. The van der Waals surface area contributed by atoms with Crippen LogP contribution in [-0.2, 0) is 6.42 Å². The van der Waals surface area contributed by atoms with Crippen LogP contribution < -0.4 is 10.6 Å². The largest absolute Gasteiger partial charge is 0.370 e. The van der Waals surface area contributed by atoms with E-state index in [1.165, 1.54) is 5.56 Å². The van der Waals surface area contributed by atoms with Gasteiger partial charge in [-0.15, -0.1) is 0 Å². The fraction of sp³-hybridized carbons (Fsp3) is 0.389. The van der Waals surface area contributed by atoms with Crippen molar-refractivity contribution in [1.82, 2.24) is 4.98 Å². The summed E-state index contributed by atoms with van der Waals surface area (Å²) in [5, 5.41) is 6.79. The predicted octanol–water partition coefficient (Wildman–Crippen LogP) is 4.34. The molecule has 1 heterocycles. The van der Waals surface area contributed by atoms with E-state index >= 15 is 0 Å². The molecule has 0 radical (unpaired) electrons. The number of nitrogens with one attached hydrogen (secondary N) is 2. The third kappa shape index (κ3) is 5.46. The van der Waals surface area contributed by atoms with E-state index in [4.69, 9.17) is 0 Å². The number of aryl methyl sites for hydroxylation is 1. The molecule has 1 atom stereocenters. The Kier molecular flexibility index (Phi) is 6.07. The third-order valence-corrected chi connectivity index (χ3v) is 3.41. The van der Waals surface area contributed by atoms with Gasteiger partial charge in [0.1, 0.15) is 11.6 Å². The predicted molar refractivity (Wildman–Crippen MR) is 90.9 cm³/mol. The normalized spacial score (nSPS) is 11.9. The van der Waals surface area contributed by atoms with Crippen LogP contribution in [0.5, 0.6) is 0 Å². The highest BCUT2D eigenvalue weighted by Crippen LogP contribution is 2.12. The number of pyridine rings is 1. The molecule has 0 aliphatic heterocycles. The maximum absolute atomic E-state index is 4.58. The Morgan fingerprint density at radius 3 is 2.52 bits per heavy atom. The third-order valence-electron chi connectivity index (χ3n) is 3.41. The molecule has 2 aromatic rings. The van der Waals surface area contributed by atoms with Crippen LogP contribution in [0.4, 0.5) is 11.6 Å². The van der Waals surface area contributed by atoms with Gasteiger partial charge in [-0.05, 0) is 43.9 Å². The molecule has 3 nitrogen and oxygen atoms in total. The molecule has 0 saturated heterocycles. The minimum atomic E-state index is 0.402. The molecule has 2 N–H and O–H groups in total. The second-order valence-corrected chi connectivity index (χ2v) is 5.40. The zero-order valence-electron chi connectivity index (χ0n) is 13.0. The maximum atomic E-state index is 4.58. The summed E-state index contributed by atoms with van der Waals surface area (Å²) >= 11 is 0. The lowest BCUT2D eigenvalue weighted by Crippen LogP contribution is -2.17. The molecule has 0 bridgehead atoms. The highest BCUT2D eigenvalue weighted by Gasteiger charge is 2.04. The number of rotatable bonds is 8. The standard InChI is InChI=1S/C18H25N3/c1-3-14-19-17-10-7-11-18(21-17)20-15(2)12-13-16-8-5-4-6-9-16/h4-11,15H,3,12-14H2,1-2H3,(H2,19,20,21). The number of benzene rings is 1. The lowest BCUT2D eigenvalue weighted by molar-refractivity contribution is 0.703. The van der Waals surface area contributed by atoms with Crippen LogP contribution in [0.15, 0.2) is 48.5 Å². The van der Waals surface area contributed by atoms with Gasteiger partial charge >= 0.3 is 0 Å². The van der Waals surface area contributed by atoms with Gasteiger partial charge in [-0.1, -0.05) is 43.3 Å². The van der Waals surface area contributed by atoms with E-state index in [9.17, 15) is 0 Å². The molecule has 0 spiro atoms. The first kappa shape index (κ1) is 15.4. The van der Waals surface area contributed by atoms with Crippen molar-refractivity contribution in [2.45, 2.75) is 39.2 Å². The first-order valence-corrected chi connectivity index (χ1v) is 7.79. The van der Waals surface area contributed by atoms with E-state index in [1.807, 2.05) is 18.2 Å². The Morgan fingerprint density at radius 2 is 1.76 bits per heavy atom. The van der Waals surface area contributed by atoms with Gasteiger partial charge in [0.2, 0.25) is 0 Å². The smallest absolute Gasteiger partial charge is 0.128 e. The molecule has 1 aromatic carbocycles. The molecule has 0 fully saturated rings. The van der Waals surface area contributed by atoms with E-state index in [2.05, 4.69) is 59.8 Å². The van der Waals surface area contributed by atoms with Crippen LogP contribution in [0.2, 0.25) is 0 Å². The van der Waals surface area contributed by atoms with Crippen LogP contribution in [0.1, 0.15) is 32.3 Å². The number of hydrogen-bond donors (Lipinski definition) is 2. The molecular weight excluding hydrogens is 258 g/mol. The van der Waals surface area contributed by atoms with Gasteiger partial charge in [0.05, 0.1) is 0 Å². The second-order valence-electron chi connectivity index (χ2n) is 5.40. The Hall–Kier alpha value is -2.03. The summed E-state index contributed by atoms with van der Waals surface area (Å²) in [6.45, 7) is 5.32. The minimum Gasteiger partial charge on any atom is -0.370 e. The van der Waals surface area contributed by atoms with Crippen molar-refractivity contribution < 1.29 is 0 Å². The summed E-state index contributed by atoms with van der Waals surface area (Å²) in [4.78, 5) is 4.58. The molecule has 3 heteroatoms. The van der Waals surface area contributed by atoms with E-state index in [0.29, 0.717) is 6.04 Å². The Morgan fingerprint density at radius 1 is 1.00 bits per heavy atom. The van der Waals surface area contributed by atoms with Gasteiger partial charge in [0, 0.05) is 12.6 Å². The summed E-state index contributed by atoms with van der Waals surface area (Å²) in [5.41, 5.74) is 1.39. The fourth-order valence-corrected chi connectivity index (χ4v) is 2.22. The summed E-state index contributed by atoms with van der Waals surface area (Å²) in [5.74, 6) is 1.88. The number of hydrogen-bond acceptors (Lipinski definition) is 3. The topological polar surface area (TPSA) is 37.0 Å². The van der Waals surface area contributed by atoms with Gasteiger partial charge in [-0.25, -0.2) is 4.98 Å². The number of aromatic nitrogens is 1. The average molecular weight is 283 g/mol. The van der Waals surface area contributed by atoms with Crippen molar-refractivity contribution in [3.63, 3.8) is 0 Å². The molecular formula is C18H25N3. The highest BCUT2D eigenvalue weighted by atomic mass is 15.1. The van der Waals surface area contributed by atoms with Crippen LogP contribution in [-0.4, -0.2) is 17.6 Å². The van der Waals surface area contributed by atoms with E-state index < -0.39 is 0 Å². The van der Waals surface area contributed by atoms with Crippen molar-refractivity contribution in [3.8, 4) is 0 Å². The van der Waals surface area contributed by atoms with Crippen LogP contribution >= 0.6 is 0 Å². The van der Waals surface area contributed by atoms with E-state index in [1.54, 1.807) is 0 Å². The Bertz CT molecular complexity index is 525. The van der Waals surface area contributed by atoms with Crippen molar-refractivity contribution in [2.75, 3.05) is 17.2 Å². The minimum absolute atomic E-state index is 0.402. The Labute approximate surface area is 127 Å². The first-order valence-electron chi connectivity index (χ1n) is 7.79. The summed E-state index contributed by atoms with van der Waals surface area (Å²) < 4.78 is 0. The van der Waals surface area contributed by atoms with Crippen LogP contribution in [0.25, 0.3) is 0 Å². The lowest BCUT2D eigenvalue weighted by atomic mass is 10.1. The number of anilines is 2. The molecule has 1 aromatic heterocycles. The molecule has 0 amide bonds. The number of nitrogens with zero attached hydrogens (tertiary/aromatic N) is 1. The van der Waals surface area contributed by atoms with Gasteiger partial charge < -0.3 is 10.6 Å². The molecule has 1 unspecified atom stereocenters. The average Bonchev–Trinajstić information content (AvgIpc) is 2.52. The molecule has 0 aliphatic rings. The zero-order valence-corrected chi connectivity index (χ0v) is 13.0. The lowest BCUT2D eigenvalue weighted by Gasteiger charge is -2.15. The summed E-state index contributed by atoms with van der Waals surface area (Å²) in [7, 11) is 0. The second kappa shape index (κ2) is 8.30. The maximum Gasteiger partial charge on any atom is 0.128 e.